The van der Waals surface area contributed by atoms with Crippen LogP contribution in [-0.2, 0) is 11.3 Å². The molecule has 7 nitrogen and oxygen atoms in total. The fourth-order valence-electron chi connectivity index (χ4n) is 5.95. The number of likely N-dealkylation sites (tertiary alicyclic amines) is 1. The van der Waals surface area contributed by atoms with Gasteiger partial charge >= 0.3 is 6.09 Å². The summed E-state index contributed by atoms with van der Waals surface area (Å²) >= 11 is 7.29. The third-order valence-corrected chi connectivity index (χ3v) is 8.78. The molecular weight excluding hydrogens is 558 g/mol. The van der Waals surface area contributed by atoms with Gasteiger partial charge in [-0.2, -0.15) is 4.99 Å². The van der Waals surface area contributed by atoms with Crippen LogP contribution in [0.3, 0.4) is 0 Å². The largest absolute Gasteiger partial charge is 0.445 e. The maximum atomic E-state index is 12.7. The van der Waals surface area contributed by atoms with E-state index in [1.807, 2.05) is 60.9 Å². The van der Waals surface area contributed by atoms with Gasteiger partial charge in [0.15, 0.2) is 11.8 Å². The number of ether oxygens (including phenoxy) is 1. The van der Waals surface area contributed by atoms with E-state index in [9.17, 15) is 4.79 Å². The second-order valence-corrected chi connectivity index (χ2v) is 11.7. The minimum absolute atomic E-state index is 0.0482. The number of quaternary nitrogens is 1. The Bertz CT molecular complexity index is 1790. The van der Waals surface area contributed by atoms with E-state index in [0.717, 1.165) is 69.8 Å². The number of carbonyl (C=O) groups is 1. The average Bonchev–Trinajstić information content (AvgIpc) is 3.36. The summed E-state index contributed by atoms with van der Waals surface area (Å²) in [5, 5.41) is 1.06. The molecule has 0 aliphatic carbocycles. The molecule has 7 rings (SSSR count). The first-order valence-corrected chi connectivity index (χ1v) is 15.0. The molecule has 8 heteroatoms. The molecule has 3 aliphatic heterocycles. The van der Waals surface area contributed by atoms with Crippen LogP contribution in [0.1, 0.15) is 30.4 Å². The van der Waals surface area contributed by atoms with Crippen LogP contribution in [-0.4, -0.2) is 45.1 Å². The third-order valence-electron chi connectivity index (χ3n) is 8.33. The zero-order chi connectivity index (χ0) is 29.2. The van der Waals surface area contributed by atoms with Gasteiger partial charge in [-0.15, -0.1) is 4.00 Å². The first-order chi connectivity index (χ1) is 21.1. The van der Waals surface area contributed by atoms with Gasteiger partial charge in [-0.1, -0.05) is 72.8 Å². The monoisotopic (exact) mass is 588 g/mol. The highest BCUT2D eigenvalue weighted by molar-refractivity contribution is 6.20. The van der Waals surface area contributed by atoms with E-state index >= 15 is 0 Å². The zero-order valence-electron chi connectivity index (χ0n) is 23.6. The van der Waals surface area contributed by atoms with Crippen LogP contribution in [0.2, 0.25) is 0 Å². The predicted molar refractivity (Wildman–Crippen MR) is 170 cm³/mol. The van der Waals surface area contributed by atoms with Gasteiger partial charge in [0.05, 0.1) is 29.2 Å². The number of hydrogen-bond donors (Lipinski definition) is 0. The Kier molecular flexibility index (Phi) is 7.35. The first kappa shape index (κ1) is 27.3. The lowest BCUT2D eigenvalue weighted by atomic mass is 9.92. The Morgan fingerprint density at radius 2 is 1.67 bits per heavy atom. The summed E-state index contributed by atoms with van der Waals surface area (Å²) in [4.78, 5) is 29.0. The minimum atomic E-state index is -0.258. The van der Waals surface area contributed by atoms with Crippen molar-refractivity contribution < 1.29 is 13.5 Å². The van der Waals surface area contributed by atoms with Crippen LogP contribution in [0.15, 0.2) is 125 Å². The molecule has 214 valence electrons. The molecule has 3 aliphatic rings. The molecule has 1 atom stereocenters. The number of pyridine rings is 1. The maximum absolute atomic E-state index is 12.7. The van der Waals surface area contributed by atoms with Crippen LogP contribution in [0, 0.1) is 5.92 Å². The Morgan fingerprint density at radius 1 is 0.930 bits per heavy atom. The molecule has 1 amide bonds. The lowest BCUT2D eigenvalue weighted by molar-refractivity contribution is -0.600. The smallest absolute Gasteiger partial charge is 0.410 e. The van der Waals surface area contributed by atoms with Crippen molar-refractivity contribution in [3.8, 4) is 11.3 Å². The molecule has 0 N–H and O–H groups in total. The van der Waals surface area contributed by atoms with Gasteiger partial charge in [-0.3, -0.25) is 4.99 Å². The summed E-state index contributed by atoms with van der Waals surface area (Å²) < 4.78 is 5.50. The second kappa shape index (κ2) is 11.6. The SMILES string of the molecule is O=C(OCc1ccccc1)N1CCC(CC2=C3C=NC=C[N+]3(Cl)C(c3ccc4ccc(-c5ccccc5)nc4c3)=N2)CC1. The maximum Gasteiger partial charge on any atom is 0.410 e. The summed E-state index contributed by atoms with van der Waals surface area (Å²) in [5.41, 5.74) is 6.60. The van der Waals surface area contributed by atoms with E-state index in [4.69, 9.17) is 26.5 Å². The fraction of sp³-hybridized carbons (Fsp3) is 0.200. The van der Waals surface area contributed by atoms with Crippen molar-refractivity contribution in [2.24, 2.45) is 15.9 Å². The van der Waals surface area contributed by atoms with Crippen LogP contribution >= 0.6 is 11.8 Å². The number of fused-ring (bicyclic) bond motifs is 2. The molecule has 1 saturated heterocycles. The Morgan fingerprint density at radius 3 is 2.47 bits per heavy atom. The molecule has 0 spiro atoms. The minimum Gasteiger partial charge on any atom is -0.445 e. The summed E-state index contributed by atoms with van der Waals surface area (Å²) in [7, 11) is 0. The number of nitrogens with zero attached hydrogens (tertiary/aromatic N) is 5. The van der Waals surface area contributed by atoms with Gasteiger partial charge in [-0.25, -0.2) is 9.78 Å². The summed E-state index contributed by atoms with van der Waals surface area (Å²) in [6, 6.07) is 30.3. The standard InChI is InChI=1S/C35H31ClN5O2/c36-41-20-17-37-23-33(41)32(21-25-15-18-40(19-16-25)35(42)43-24-26-7-3-1-4-8-26)39-34(41)29-12-11-28-13-14-30(38-31(28)22-29)27-9-5-2-6-10-27/h1-14,17,20,22-23,25H,15-16,18-19,21,24H2/q+1. The predicted octanol–water partition coefficient (Wildman–Crippen LogP) is 7.84. The number of aromatic nitrogens is 1. The molecule has 1 fully saturated rings. The van der Waals surface area contributed by atoms with E-state index in [2.05, 4.69) is 47.5 Å². The molecule has 0 bridgehead atoms. The molecule has 3 aromatic carbocycles. The van der Waals surface area contributed by atoms with Crippen LogP contribution in [0.5, 0.6) is 0 Å². The molecule has 43 heavy (non-hydrogen) atoms. The molecule has 4 heterocycles. The lowest BCUT2D eigenvalue weighted by Gasteiger charge is -2.31. The molecular formula is C35H31ClN5O2+. The van der Waals surface area contributed by atoms with E-state index in [-0.39, 0.29) is 16.7 Å². The van der Waals surface area contributed by atoms with E-state index < -0.39 is 0 Å². The number of halogens is 1. The van der Waals surface area contributed by atoms with Gasteiger partial charge in [0.25, 0.3) is 5.84 Å². The van der Waals surface area contributed by atoms with E-state index in [0.29, 0.717) is 19.0 Å². The number of benzene rings is 3. The van der Waals surface area contributed by atoms with Crippen molar-refractivity contribution >= 4 is 40.8 Å². The quantitative estimate of drug-likeness (QED) is 0.215. The van der Waals surface area contributed by atoms with Crippen molar-refractivity contribution in [1.82, 2.24) is 9.88 Å². The van der Waals surface area contributed by atoms with Crippen molar-refractivity contribution in [2.45, 2.75) is 25.9 Å². The topological polar surface area (TPSA) is 67.2 Å². The number of rotatable bonds is 6. The van der Waals surface area contributed by atoms with E-state index in [1.54, 1.807) is 11.1 Å². The molecule has 0 saturated carbocycles. The lowest BCUT2D eigenvalue weighted by Crippen LogP contribution is -2.39. The number of hydrogen-bond acceptors (Lipinski definition) is 5. The van der Waals surface area contributed by atoms with Gasteiger partial charge in [0.2, 0.25) is 5.70 Å². The van der Waals surface area contributed by atoms with Crippen molar-refractivity contribution in [1.29, 1.82) is 0 Å². The highest BCUT2D eigenvalue weighted by atomic mass is 35.5. The molecule has 4 aromatic rings. The van der Waals surface area contributed by atoms with Gasteiger partial charge in [-0.05, 0) is 48.9 Å². The summed E-state index contributed by atoms with van der Waals surface area (Å²) in [5.74, 6) is 1.12. The number of amides is 1. The normalized spacial score (nSPS) is 19.9. The van der Waals surface area contributed by atoms with Crippen LogP contribution < -0.4 is 0 Å². The van der Waals surface area contributed by atoms with Crippen molar-refractivity contribution in [3.63, 3.8) is 0 Å². The number of piperidine rings is 1. The Balaban J connectivity index is 1.08. The first-order valence-electron chi connectivity index (χ1n) is 14.6. The number of carbonyl (C=O) groups excluding carboxylic acids is 1. The zero-order valence-corrected chi connectivity index (χ0v) is 24.4. The average molecular weight is 589 g/mol. The highest BCUT2D eigenvalue weighted by Gasteiger charge is 2.46. The Hall–Kier alpha value is -4.59. The number of amidine groups is 1. The highest BCUT2D eigenvalue weighted by Crippen LogP contribution is 2.41. The molecule has 1 aromatic heterocycles. The van der Waals surface area contributed by atoms with Crippen molar-refractivity contribution in [2.75, 3.05) is 13.1 Å². The number of allylic oxidation sites excluding steroid dienone is 2. The Labute approximate surface area is 255 Å². The van der Waals surface area contributed by atoms with Gasteiger partial charge in [0, 0.05) is 24.0 Å². The number of aliphatic imine (C=N–C) groups is 2. The van der Waals surface area contributed by atoms with Crippen molar-refractivity contribution in [3.05, 3.63) is 126 Å². The van der Waals surface area contributed by atoms with Gasteiger partial charge in [0.1, 0.15) is 18.5 Å². The van der Waals surface area contributed by atoms with Crippen LogP contribution in [0.25, 0.3) is 22.2 Å². The van der Waals surface area contributed by atoms with E-state index in [1.165, 1.54) is 0 Å². The summed E-state index contributed by atoms with van der Waals surface area (Å²) in [6.07, 6.45) is 7.67. The second-order valence-electron chi connectivity index (χ2n) is 11.1. The summed E-state index contributed by atoms with van der Waals surface area (Å²) in [6.45, 7) is 1.60. The third kappa shape index (κ3) is 5.49. The molecule has 1 unspecified atom stereocenters. The fourth-order valence-corrected chi connectivity index (χ4v) is 6.27. The van der Waals surface area contributed by atoms with Gasteiger partial charge < -0.3 is 9.64 Å². The molecule has 0 radical (unpaired) electrons. The van der Waals surface area contributed by atoms with Crippen LogP contribution in [0.4, 0.5) is 4.79 Å².